The molecular weight excluding hydrogens is 431 g/mol. The molecule has 0 spiro atoms. The summed E-state index contributed by atoms with van der Waals surface area (Å²) in [4.78, 5) is 17.5. The number of halogens is 1. The van der Waals surface area contributed by atoms with E-state index in [9.17, 15) is 9.18 Å². The van der Waals surface area contributed by atoms with Gasteiger partial charge in [-0.2, -0.15) is 10.4 Å². The van der Waals surface area contributed by atoms with Crippen molar-refractivity contribution in [2.45, 2.75) is 25.3 Å². The Hall–Kier alpha value is -4.09. The van der Waals surface area contributed by atoms with Gasteiger partial charge in [-0.3, -0.25) is 9.48 Å². The van der Waals surface area contributed by atoms with E-state index >= 15 is 0 Å². The fourth-order valence-corrected chi connectivity index (χ4v) is 3.77. The smallest absolute Gasteiger partial charge is 0.247 e. The number of allylic oxidation sites excluding steroid dienone is 2. The molecule has 1 aliphatic carbocycles. The highest BCUT2D eigenvalue weighted by Gasteiger charge is 2.23. The third-order valence-corrected chi connectivity index (χ3v) is 5.58. The monoisotopic (exact) mass is 456 g/mol. The minimum absolute atomic E-state index is 0.233. The summed E-state index contributed by atoms with van der Waals surface area (Å²) < 4.78 is 15.7. The summed E-state index contributed by atoms with van der Waals surface area (Å²) >= 11 is 0. The summed E-state index contributed by atoms with van der Waals surface area (Å²) in [6.07, 6.45) is 10.2. The lowest BCUT2D eigenvalue weighted by Crippen LogP contribution is -2.43. The number of aryl methyl sites for hydroxylation is 1. The summed E-state index contributed by atoms with van der Waals surface area (Å²) in [5, 5.41) is 19.2. The molecule has 3 aromatic rings. The van der Waals surface area contributed by atoms with Crippen LogP contribution in [0.3, 0.4) is 0 Å². The lowest BCUT2D eigenvalue weighted by molar-refractivity contribution is -0.117. The van der Waals surface area contributed by atoms with Crippen LogP contribution in [0.5, 0.6) is 0 Å². The number of aromatic nitrogens is 3. The number of nitrogens with zero attached hydrogens (tertiary/aromatic N) is 4. The van der Waals surface area contributed by atoms with Gasteiger partial charge in [0.2, 0.25) is 5.91 Å². The maximum atomic E-state index is 14.0. The van der Waals surface area contributed by atoms with Crippen LogP contribution in [-0.4, -0.2) is 33.3 Å². The Labute approximate surface area is 197 Å². The van der Waals surface area contributed by atoms with Gasteiger partial charge in [-0.25, -0.2) is 9.37 Å². The molecule has 0 saturated heterocycles. The quantitative estimate of drug-likeness (QED) is 0.533. The molecule has 0 fully saturated rings. The van der Waals surface area contributed by atoms with Crippen molar-refractivity contribution < 1.29 is 9.18 Å². The first-order chi connectivity index (χ1) is 16.5. The van der Waals surface area contributed by atoms with Crippen LogP contribution in [0.2, 0.25) is 0 Å². The molecule has 0 radical (unpaired) electrons. The maximum Gasteiger partial charge on any atom is 0.247 e. The molecule has 2 aromatic heterocycles. The molecule has 0 saturated carbocycles. The number of rotatable bonds is 8. The van der Waals surface area contributed by atoms with Crippen LogP contribution in [0.15, 0.2) is 78.5 Å². The first kappa shape index (κ1) is 23.1. The Balaban J connectivity index is 1.44. The predicted molar refractivity (Wildman–Crippen MR) is 128 cm³/mol. The van der Waals surface area contributed by atoms with E-state index in [-0.39, 0.29) is 11.7 Å². The largest absolute Gasteiger partial charge is 0.309 e. The second-order valence-electron chi connectivity index (χ2n) is 8.10. The number of hydrogen-bond acceptors (Lipinski definition) is 5. The van der Waals surface area contributed by atoms with Gasteiger partial charge in [0, 0.05) is 43.5 Å². The Morgan fingerprint density at radius 1 is 1.21 bits per heavy atom. The zero-order valence-electron chi connectivity index (χ0n) is 18.8. The predicted octanol–water partition coefficient (Wildman–Crippen LogP) is 4.07. The van der Waals surface area contributed by atoms with Crippen molar-refractivity contribution in [3.8, 4) is 17.2 Å². The van der Waals surface area contributed by atoms with E-state index in [4.69, 9.17) is 5.26 Å². The van der Waals surface area contributed by atoms with Crippen LogP contribution in [-0.2, 0) is 18.3 Å². The minimum Gasteiger partial charge on any atom is -0.309 e. The zero-order chi connectivity index (χ0) is 23.9. The average molecular weight is 457 g/mol. The molecular formula is C26H25FN6O. The molecule has 2 heterocycles. The zero-order valence-corrected chi connectivity index (χ0v) is 18.8. The number of hydrogen-bond donors (Lipinski definition) is 2. The van der Waals surface area contributed by atoms with E-state index in [1.165, 1.54) is 6.08 Å². The fourth-order valence-electron chi connectivity index (χ4n) is 3.77. The minimum atomic E-state index is -0.718. The molecule has 4 rings (SSSR count). The number of carbonyl (C=O) groups is 1. The fraction of sp³-hybridized carbons (Fsp3) is 0.231. The van der Waals surface area contributed by atoms with Crippen molar-refractivity contribution in [1.82, 2.24) is 20.1 Å². The van der Waals surface area contributed by atoms with Gasteiger partial charge < -0.3 is 10.6 Å². The van der Waals surface area contributed by atoms with Crippen molar-refractivity contribution >= 4 is 11.7 Å². The van der Waals surface area contributed by atoms with E-state index in [2.05, 4.69) is 26.8 Å². The van der Waals surface area contributed by atoms with E-state index in [0.717, 1.165) is 16.7 Å². The van der Waals surface area contributed by atoms with Crippen molar-refractivity contribution in [2.75, 3.05) is 11.9 Å². The maximum absolute atomic E-state index is 14.0. The lowest BCUT2D eigenvalue weighted by Gasteiger charge is -2.21. The third kappa shape index (κ3) is 5.82. The number of nitrogens with one attached hydrogen (secondary N) is 2. The van der Waals surface area contributed by atoms with Gasteiger partial charge >= 0.3 is 0 Å². The van der Waals surface area contributed by atoms with E-state index in [1.807, 2.05) is 37.5 Å². The molecule has 8 heteroatoms. The van der Waals surface area contributed by atoms with Crippen LogP contribution in [0, 0.1) is 11.3 Å². The number of carbonyl (C=O) groups excluding carboxylic acids is 1. The van der Waals surface area contributed by atoms with Crippen molar-refractivity contribution in [3.05, 3.63) is 89.7 Å². The highest BCUT2D eigenvalue weighted by Crippen LogP contribution is 2.22. The molecule has 1 aliphatic rings. The van der Waals surface area contributed by atoms with Crippen molar-refractivity contribution in [1.29, 1.82) is 5.26 Å². The molecule has 0 aliphatic heterocycles. The number of amides is 1. The average Bonchev–Trinajstić information content (AvgIpc) is 3.29. The summed E-state index contributed by atoms with van der Waals surface area (Å²) in [7, 11) is 1.84. The molecule has 7 nitrogen and oxygen atoms in total. The van der Waals surface area contributed by atoms with Gasteiger partial charge in [0.05, 0.1) is 17.8 Å². The van der Waals surface area contributed by atoms with Gasteiger partial charge in [-0.05, 0) is 54.3 Å². The van der Waals surface area contributed by atoms with Crippen LogP contribution in [0.1, 0.15) is 24.0 Å². The normalized spacial score (nSPS) is 14.0. The van der Waals surface area contributed by atoms with Gasteiger partial charge in [0.25, 0.3) is 0 Å². The number of anilines is 1. The van der Waals surface area contributed by atoms with Gasteiger partial charge in [0.1, 0.15) is 17.7 Å². The molecule has 0 bridgehead atoms. The summed E-state index contributed by atoms with van der Waals surface area (Å²) in [5.74, 6) is -0.126. The van der Waals surface area contributed by atoms with Gasteiger partial charge in [0.15, 0.2) is 0 Å². The van der Waals surface area contributed by atoms with Crippen LogP contribution >= 0.6 is 0 Å². The molecule has 1 aromatic carbocycles. The molecule has 1 atom stereocenters. The van der Waals surface area contributed by atoms with E-state index in [1.54, 1.807) is 35.3 Å². The third-order valence-electron chi connectivity index (χ3n) is 5.58. The van der Waals surface area contributed by atoms with Gasteiger partial charge in [-0.15, -0.1) is 0 Å². The standard InChI is InChI=1S/C26H25FN6O/c1-33-17-22(16-31-33)21-9-10-24(30-15-21)32-26(34)25(20-3-2-4-23(27)13-20)29-12-11-18-5-7-19(14-28)8-6-18/h3,5-10,13,15-17,25,29H,2,4,11-12H2,1H3,(H,30,32,34). The Bertz CT molecular complexity index is 1250. The number of benzene rings is 1. The molecule has 1 unspecified atom stereocenters. The Kier molecular flexibility index (Phi) is 7.25. The summed E-state index contributed by atoms with van der Waals surface area (Å²) in [6.45, 7) is 0.504. The molecule has 2 N–H and O–H groups in total. The Morgan fingerprint density at radius 2 is 2.03 bits per heavy atom. The lowest BCUT2D eigenvalue weighted by atomic mass is 9.98. The first-order valence-electron chi connectivity index (χ1n) is 11.1. The SMILES string of the molecule is Cn1cc(-c2ccc(NC(=O)C(NCCc3ccc(C#N)cc3)C3=CCCC(F)=C3)nc2)cn1. The summed E-state index contributed by atoms with van der Waals surface area (Å²) in [5.41, 5.74) is 4.07. The second-order valence-corrected chi connectivity index (χ2v) is 8.10. The van der Waals surface area contributed by atoms with Crippen molar-refractivity contribution in [2.24, 2.45) is 7.05 Å². The molecule has 34 heavy (non-hydrogen) atoms. The van der Waals surface area contributed by atoms with E-state index < -0.39 is 6.04 Å². The van der Waals surface area contributed by atoms with Gasteiger partial charge in [-0.1, -0.05) is 18.2 Å². The highest BCUT2D eigenvalue weighted by atomic mass is 19.1. The second kappa shape index (κ2) is 10.7. The molecule has 172 valence electrons. The number of nitriles is 1. The summed E-state index contributed by atoms with van der Waals surface area (Å²) in [6, 6.07) is 12.3. The first-order valence-corrected chi connectivity index (χ1v) is 11.1. The highest BCUT2D eigenvalue weighted by molar-refractivity contribution is 5.96. The topological polar surface area (TPSA) is 95.6 Å². The van der Waals surface area contributed by atoms with Crippen LogP contribution < -0.4 is 10.6 Å². The van der Waals surface area contributed by atoms with E-state index in [0.29, 0.717) is 42.8 Å². The van der Waals surface area contributed by atoms with Crippen LogP contribution in [0.25, 0.3) is 11.1 Å². The van der Waals surface area contributed by atoms with Crippen LogP contribution in [0.4, 0.5) is 10.2 Å². The molecule has 1 amide bonds. The van der Waals surface area contributed by atoms with Crippen molar-refractivity contribution in [3.63, 3.8) is 0 Å². The Morgan fingerprint density at radius 3 is 2.68 bits per heavy atom. The number of pyridine rings is 1.